The molecule has 0 aliphatic rings. The van der Waals surface area contributed by atoms with Crippen molar-refractivity contribution in [1.82, 2.24) is 0 Å². The van der Waals surface area contributed by atoms with Gasteiger partial charge in [-0.1, -0.05) is 45.8 Å². The van der Waals surface area contributed by atoms with E-state index in [2.05, 4.69) is 15.9 Å². The molecule has 2 unspecified atom stereocenters. The van der Waals surface area contributed by atoms with E-state index in [1.54, 1.807) is 0 Å². The van der Waals surface area contributed by atoms with Crippen molar-refractivity contribution in [2.24, 2.45) is 0 Å². The predicted octanol–water partition coefficient (Wildman–Crippen LogP) is 2.81. The number of rotatable bonds is 2. The first-order valence-corrected chi connectivity index (χ1v) is 4.91. The van der Waals surface area contributed by atoms with Gasteiger partial charge in [0.1, 0.15) is 0 Å². The lowest BCUT2D eigenvalue weighted by Gasteiger charge is -2.13. The summed E-state index contributed by atoms with van der Waals surface area (Å²) in [5.41, 5.74) is 2.15. The van der Waals surface area contributed by atoms with Gasteiger partial charge in [-0.3, -0.25) is 0 Å². The Morgan fingerprint density at radius 3 is 2.58 bits per heavy atom. The molecule has 0 aliphatic carbocycles. The van der Waals surface area contributed by atoms with Crippen molar-refractivity contribution in [2.75, 3.05) is 0 Å². The summed E-state index contributed by atoms with van der Waals surface area (Å²) in [5, 5.41) is 9.68. The minimum absolute atomic E-state index is 0.0966. The van der Waals surface area contributed by atoms with E-state index in [0.717, 1.165) is 5.56 Å². The van der Waals surface area contributed by atoms with Crippen molar-refractivity contribution >= 4 is 15.9 Å². The Hall–Kier alpha value is -0.340. The van der Waals surface area contributed by atoms with Gasteiger partial charge in [-0.05, 0) is 19.4 Å². The summed E-state index contributed by atoms with van der Waals surface area (Å²) in [6, 6.07) is 7.93. The van der Waals surface area contributed by atoms with Gasteiger partial charge in [0.05, 0.1) is 6.10 Å². The van der Waals surface area contributed by atoms with Crippen molar-refractivity contribution in [3.63, 3.8) is 0 Å². The van der Waals surface area contributed by atoms with Crippen LogP contribution in [0.25, 0.3) is 0 Å². The van der Waals surface area contributed by atoms with Crippen LogP contribution in [0.5, 0.6) is 0 Å². The summed E-state index contributed by atoms with van der Waals surface area (Å²) in [4.78, 5) is 0.0966. The first-order valence-electron chi connectivity index (χ1n) is 4.00. The Morgan fingerprint density at radius 1 is 1.42 bits per heavy atom. The van der Waals surface area contributed by atoms with Gasteiger partial charge in [-0.25, -0.2) is 0 Å². The number of benzene rings is 1. The normalized spacial score (nSPS) is 15.7. The largest absolute Gasteiger partial charge is 0.387 e. The summed E-state index contributed by atoms with van der Waals surface area (Å²) in [5.74, 6) is 0. The predicted molar refractivity (Wildman–Crippen MR) is 54.5 cm³/mol. The van der Waals surface area contributed by atoms with Crippen LogP contribution < -0.4 is 0 Å². The standard InChI is InChI=1S/C10H13BrO/c1-7-4-3-5-9(6-7)10(12)8(2)11/h3-6,8,10,12H,1-2H3. The Labute approximate surface area is 81.6 Å². The number of aryl methyl sites for hydroxylation is 1. The lowest BCUT2D eigenvalue weighted by molar-refractivity contribution is 0.181. The lowest BCUT2D eigenvalue weighted by Crippen LogP contribution is -2.07. The third kappa shape index (κ3) is 2.32. The van der Waals surface area contributed by atoms with Crippen molar-refractivity contribution in [1.29, 1.82) is 0 Å². The minimum atomic E-state index is -0.412. The van der Waals surface area contributed by atoms with Crippen LogP contribution in [0.2, 0.25) is 0 Å². The highest BCUT2D eigenvalue weighted by Gasteiger charge is 2.12. The topological polar surface area (TPSA) is 20.2 Å². The molecule has 0 fully saturated rings. The van der Waals surface area contributed by atoms with Gasteiger partial charge in [0, 0.05) is 4.83 Å². The van der Waals surface area contributed by atoms with Gasteiger partial charge in [0.25, 0.3) is 0 Å². The van der Waals surface area contributed by atoms with Crippen molar-refractivity contribution in [2.45, 2.75) is 24.8 Å². The molecule has 0 bridgehead atoms. The molecule has 2 atom stereocenters. The number of aliphatic hydroxyl groups is 1. The van der Waals surface area contributed by atoms with E-state index < -0.39 is 6.10 Å². The third-order valence-electron chi connectivity index (χ3n) is 1.82. The summed E-state index contributed by atoms with van der Waals surface area (Å²) in [6.45, 7) is 3.96. The highest BCUT2D eigenvalue weighted by atomic mass is 79.9. The maximum atomic E-state index is 9.68. The average molecular weight is 229 g/mol. The van der Waals surface area contributed by atoms with Crippen LogP contribution >= 0.6 is 15.9 Å². The molecular formula is C10H13BrO. The van der Waals surface area contributed by atoms with E-state index in [0.29, 0.717) is 0 Å². The van der Waals surface area contributed by atoms with E-state index in [-0.39, 0.29) is 4.83 Å². The van der Waals surface area contributed by atoms with Crippen LogP contribution in [0, 0.1) is 6.92 Å². The van der Waals surface area contributed by atoms with Gasteiger partial charge in [0.2, 0.25) is 0 Å². The van der Waals surface area contributed by atoms with Crippen LogP contribution in [-0.2, 0) is 0 Å². The van der Waals surface area contributed by atoms with Crippen molar-refractivity contribution in [3.05, 3.63) is 35.4 Å². The second kappa shape index (κ2) is 4.06. The SMILES string of the molecule is Cc1cccc(C(O)C(C)Br)c1. The fraction of sp³-hybridized carbons (Fsp3) is 0.400. The molecule has 0 saturated heterocycles. The molecule has 1 rings (SSSR count). The van der Waals surface area contributed by atoms with Crippen LogP contribution in [0.4, 0.5) is 0 Å². The molecule has 0 aromatic heterocycles. The Balaban J connectivity index is 2.88. The fourth-order valence-electron chi connectivity index (χ4n) is 1.12. The van der Waals surface area contributed by atoms with Crippen LogP contribution in [0.1, 0.15) is 24.2 Å². The van der Waals surface area contributed by atoms with E-state index in [9.17, 15) is 5.11 Å². The molecule has 1 N–H and O–H groups in total. The molecule has 0 spiro atoms. The molecule has 12 heavy (non-hydrogen) atoms. The quantitative estimate of drug-likeness (QED) is 0.773. The van der Waals surface area contributed by atoms with Gasteiger partial charge < -0.3 is 5.11 Å². The van der Waals surface area contributed by atoms with Crippen molar-refractivity contribution in [3.8, 4) is 0 Å². The summed E-state index contributed by atoms with van der Waals surface area (Å²) in [6.07, 6.45) is -0.412. The number of hydrogen-bond donors (Lipinski definition) is 1. The summed E-state index contributed by atoms with van der Waals surface area (Å²) < 4.78 is 0. The third-order valence-corrected chi connectivity index (χ3v) is 2.32. The van der Waals surface area contributed by atoms with E-state index in [1.165, 1.54) is 5.56 Å². The molecule has 2 heteroatoms. The molecule has 0 heterocycles. The number of hydrogen-bond acceptors (Lipinski definition) is 1. The second-order valence-electron chi connectivity index (χ2n) is 3.04. The van der Waals surface area contributed by atoms with Crippen LogP contribution in [0.15, 0.2) is 24.3 Å². The van der Waals surface area contributed by atoms with E-state index in [1.807, 2.05) is 38.1 Å². The number of aliphatic hydroxyl groups excluding tert-OH is 1. The van der Waals surface area contributed by atoms with Gasteiger partial charge >= 0.3 is 0 Å². The molecule has 1 aromatic carbocycles. The Kier molecular flexibility index (Phi) is 3.29. The smallest absolute Gasteiger partial charge is 0.0912 e. The number of alkyl halides is 1. The molecule has 0 radical (unpaired) electrons. The molecule has 0 saturated carbocycles. The molecule has 1 nitrogen and oxygen atoms in total. The Bertz CT molecular complexity index is 258. The highest BCUT2D eigenvalue weighted by molar-refractivity contribution is 9.09. The van der Waals surface area contributed by atoms with Crippen LogP contribution in [-0.4, -0.2) is 9.93 Å². The zero-order valence-electron chi connectivity index (χ0n) is 7.29. The van der Waals surface area contributed by atoms with E-state index in [4.69, 9.17) is 0 Å². The van der Waals surface area contributed by atoms with Crippen molar-refractivity contribution < 1.29 is 5.11 Å². The van der Waals surface area contributed by atoms with Crippen LogP contribution in [0.3, 0.4) is 0 Å². The maximum Gasteiger partial charge on any atom is 0.0912 e. The average Bonchev–Trinajstić information content (AvgIpc) is 2.03. The molecule has 0 aliphatic heterocycles. The van der Waals surface area contributed by atoms with Gasteiger partial charge in [-0.15, -0.1) is 0 Å². The second-order valence-corrected chi connectivity index (χ2v) is 4.48. The monoisotopic (exact) mass is 228 g/mol. The zero-order chi connectivity index (χ0) is 9.14. The first-order chi connectivity index (χ1) is 5.61. The maximum absolute atomic E-state index is 9.68. The fourth-order valence-corrected chi connectivity index (χ4v) is 1.42. The summed E-state index contributed by atoms with van der Waals surface area (Å²) in [7, 11) is 0. The zero-order valence-corrected chi connectivity index (χ0v) is 8.88. The molecule has 0 amide bonds. The van der Waals surface area contributed by atoms with Gasteiger partial charge in [-0.2, -0.15) is 0 Å². The minimum Gasteiger partial charge on any atom is -0.387 e. The van der Waals surface area contributed by atoms with E-state index >= 15 is 0 Å². The highest BCUT2D eigenvalue weighted by Crippen LogP contribution is 2.22. The first kappa shape index (κ1) is 9.75. The van der Waals surface area contributed by atoms with Gasteiger partial charge in [0.15, 0.2) is 0 Å². The molecular weight excluding hydrogens is 216 g/mol. The molecule has 1 aromatic rings. The lowest BCUT2D eigenvalue weighted by atomic mass is 10.1. The number of halogens is 1. The molecule has 66 valence electrons. The Morgan fingerprint density at radius 2 is 2.08 bits per heavy atom. The summed E-state index contributed by atoms with van der Waals surface area (Å²) >= 11 is 3.35.